The van der Waals surface area contributed by atoms with E-state index in [-0.39, 0.29) is 6.10 Å². The Morgan fingerprint density at radius 2 is 2.16 bits per heavy atom. The van der Waals surface area contributed by atoms with E-state index < -0.39 is 0 Å². The normalized spacial score (nSPS) is 19.0. The molecule has 2 aromatic rings. The fraction of sp³-hybridized carbons (Fsp3) is 0.308. The number of ether oxygens (including phenoxy) is 1. The van der Waals surface area contributed by atoms with Gasteiger partial charge in [0.2, 0.25) is 5.82 Å². The lowest BCUT2D eigenvalue weighted by molar-refractivity contribution is 0.0208. The predicted octanol–water partition coefficient (Wildman–Crippen LogP) is 1.27. The minimum Gasteiger partial charge on any atom is -0.367 e. The van der Waals surface area contributed by atoms with Gasteiger partial charge >= 0.3 is 0 Å². The van der Waals surface area contributed by atoms with Crippen LogP contribution in [0.2, 0.25) is 0 Å². The summed E-state index contributed by atoms with van der Waals surface area (Å²) < 4.78 is 10.8. The minimum absolute atomic E-state index is 0.162. The van der Waals surface area contributed by atoms with E-state index in [9.17, 15) is 0 Å². The molecule has 0 saturated carbocycles. The van der Waals surface area contributed by atoms with Crippen LogP contribution in [-0.2, 0) is 4.74 Å². The molecule has 2 heterocycles. The van der Waals surface area contributed by atoms with Crippen LogP contribution in [0, 0.1) is 11.3 Å². The van der Waals surface area contributed by atoms with Gasteiger partial charge in [-0.05, 0) is 24.3 Å². The molecule has 0 spiro atoms. The topological polar surface area (TPSA) is 84.0 Å². The molecule has 0 aliphatic carbocycles. The molecule has 3 rings (SSSR count). The molecule has 0 radical (unpaired) electrons. The number of nitrogens with one attached hydrogen (secondary N) is 1. The molecule has 1 unspecified atom stereocenters. The second-order valence-electron chi connectivity index (χ2n) is 4.21. The maximum absolute atomic E-state index is 8.75. The first-order valence-corrected chi connectivity index (χ1v) is 6.03. The summed E-state index contributed by atoms with van der Waals surface area (Å²) in [5, 5.41) is 15.9. The first-order valence-electron chi connectivity index (χ1n) is 6.03. The summed E-state index contributed by atoms with van der Waals surface area (Å²) in [5.41, 5.74) is 1.39. The summed E-state index contributed by atoms with van der Waals surface area (Å²) in [4.78, 5) is 4.33. The third-order valence-electron chi connectivity index (χ3n) is 2.92. The largest absolute Gasteiger partial charge is 0.367 e. The summed E-state index contributed by atoms with van der Waals surface area (Å²) in [6.07, 6.45) is -0.162. The highest BCUT2D eigenvalue weighted by Gasteiger charge is 2.21. The molecule has 19 heavy (non-hydrogen) atoms. The van der Waals surface area contributed by atoms with E-state index in [2.05, 4.69) is 21.5 Å². The summed E-state index contributed by atoms with van der Waals surface area (Å²) in [6, 6.07) is 9.08. The molecular weight excluding hydrogens is 244 g/mol. The fourth-order valence-corrected chi connectivity index (χ4v) is 1.90. The van der Waals surface area contributed by atoms with Crippen LogP contribution in [0.15, 0.2) is 28.8 Å². The number of nitrogens with zero attached hydrogens (tertiary/aromatic N) is 3. The van der Waals surface area contributed by atoms with Crippen LogP contribution < -0.4 is 5.32 Å². The maximum atomic E-state index is 8.75. The van der Waals surface area contributed by atoms with Gasteiger partial charge in [-0.25, -0.2) is 0 Å². The third kappa shape index (κ3) is 2.47. The van der Waals surface area contributed by atoms with Crippen LogP contribution in [0.3, 0.4) is 0 Å². The number of hydrogen-bond acceptors (Lipinski definition) is 6. The molecule has 0 bridgehead atoms. The van der Waals surface area contributed by atoms with Gasteiger partial charge in [-0.1, -0.05) is 5.16 Å². The summed E-state index contributed by atoms with van der Waals surface area (Å²) >= 11 is 0. The molecule has 0 amide bonds. The molecule has 6 heteroatoms. The molecule has 1 aliphatic rings. The number of aromatic nitrogens is 2. The lowest BCUT2D eigenvalue weighted by atomic mass is 10.1. The van der Waals surface area contributed by atoms with Crippen molar-refractivity contribution in [1.29, 1.82) is 5.26 Å². The second-order valence-corrected chi connectivity index (χ2v) is 4.21. The highest BCUT2D eigenvalue weighted by molar-refractivity contribution is 5.54. The number of nitriles is 1. The van der Waals surface area contributed by atoms with Crippen molar-refractivity contribution in [2.75, 3.05) is 19.7 Å². The Labute approximate surface area is 110 Å². The molecule has 1 aromatic carbocycles. The van der Waals surface area contributed by atoms with E-state index in [4.69, 9.17) is 14.5 Å². The third-order valence-corrected chi connectivity index (χ3v) is 2.92. The Kier molecular flexibility index (Phi) is 3.23. The van der Waals surface area contributed by atoms with Gasteiger partial charge in [-0.3, -0.25) is 0 Å². The van der Waals surface area contributed by atoms with Gasteiger partial charge in [0.1, 0.15) is 6.10 Å². The van der Waals surface area contributed by atoms with E-state index in [0.29, 0.717) is 30.4 Å². The zero-order valence-corrected chi connectivity index (χ0v) is 10.2. The monoisotopic (exact) mass is 256 g/mol. The zero-order chi connectivity index (χ0) is 13.1. The Balaban J connectivity index is 1.81. The summed E-state index contributed by atoms with van der Waals surface area (Å²) in [7, 11) is 0. The van der Waals surface area contributed by atoms with Crippen LogP contribution in [0.4, 0.5) is 0 Å². The van der Waals surface area contributed by atoms with E-state index in [1.807, 2.05) is 0 Å². The second kappa shape index (κ2) is 5.18. The lowest BCUT2D eigenvalue weighted by Gasteiger charge is -2.20. The molecule has 1 saturated heterocycles. The molecule has 1 N–H and O–H groups in total. The van der Waals surface area contributed by atoms with Gasteiger partial charge in [0.25, 0.3) is 5.89 Å². The fourth-order valence-electron chi connectivity index (χ4n) is 1.90. The number of hydrogen-bond donors (Lipinski definition) is 1. The average Bonchev–Trinajstić information content (AvgIpc) is 2.98. The minimum atomic E-state index is -0.162. The molecule has 96 valence electrons. The van der Waals surface area contributed by atoms with Crippen LogP contribution in [0.1, 0.15) is 17.5 Å². The summed E-state index contributed by atoms with van der Waals surface area (Å²) in [5.74, 6) is 0.986. The number of morpholine rings is 1. The Hall–Kier alpha value is -2.23. The van der Waals surface area contributed by atoms with Crippen molar-refractivity contribution in [3.05, 3.63) is 35.7 Å². The quantitative estimate of drug-likeness (QED) is 0.871. The average molecular weight is 256 g/mol. The Morgan fingerprint density at radius 1 is 1.32 bits per heavy atom. The van der Waals surface area contributed by atoms with E-state index in [1.165, 1.54) is 0 Å². The zero-order valence-electron chi connectivity index (χ0n) is 10.2. The highest BCUT2D eigenvalue weighted by Crippen LogP contribution is 2.21. The molecule has 6 nitrogen and oxygen atoms in total. The van der Waals surface area contributed by atoms with Gasteiger partial charge < -0.3 is 14.6 Å². The van der Waals surface area contributed by atoms with Crippen LogP contribution >= 0.6 is 0 Å². The lowest BCUT2D eigenvalue weighted by Crippen LogP contribution is -2.33. The maximum Gasteiger partial charge on any atom is 0.258 e. The molecule has 1 atom stereocenters. The Morgan fingerprint density at radius 3 is 2.84 bits per heavy atom. The van der Waals surface area contributed by atoms with Gasteiger partial charge in [-0.2, -0.15) is 10.2 Å². The van der Waals surface area contributed by atoms with Gasteiger partial charge in [-0.15, -0.1) is 0 Å². The van der Waals surface area contributed by atoms with E-state index in [0.717, 1.165) is 12.1 Å². The first-order chi connectivity index (χ1) is 9.36. The Bertz CT molecular complexity index is 594. The number of benzene rings is 1. The molecule has 1 aliphatic heterocycles. The van der Waals surface area contributed by atoms with Crippen molar-refractivity contribution < 1.29 is 9.26 Å². The van der Waals surface area contributed by atoms with E-state index >= 15 is 0 Å². The number of rotatable bonds is 2. The SMILES string of the molecule is N#Cc1ccc(-c2nc(C3CNCCO3)no2)cc1. The molecule has 1 aromatic heterocycles. The molecular formula is C13H12N4O2. The predicted molar refractivity (Wildman–Crippen MR) is 66.0 cm³/mol. The van der Waals surface area contributed by atoms with Gasteiger partial charge in [0.05, 0.1) is 18.2 Å². The van der Waals surface area contributed by atoms with Crippen LogP contribution in [0.25, 0.3) is 11.5 Å². The summed E-state index contributed by atoms with van der Waals surface area (Å²) in [6.45, 7) is 2.18. The smallest absolute Gasteiger partial charge is 0.258 e. The van der Waals surface area contributed by atoms with E-state index in [1.54, 1.807) is 24.3 Å². The standard InChI is InChI=1S/C13H12N4O2/c14-7-9-1-3-10(4-2-9)13-16-12(17-19-13)11-8-15-5-6-18-11/h1-4,11,15H,5-6,8H2. The first kappa shape index (κ1) is 11.8. The van der Waals surface area contributed by atoms with Crippen molar-refractivity contribution in [2.24, 2.45) is 0 Å². The van der Waals surface area contributed by atoms with Gasteiger partial charge in [0.15, 0.2) is 0 Å². The van der Waals surface area contributed by atoms with Crippen molar-refractivity contribution >= 4 is 0 Å². The van der Waals surface area contributed by atoms with Crippen LogP contribution in [0.5, 0.6) is 0 Å². The van der Waals surface area contributed by atoms with Crippen molar-refractivity contribution in [1.82, 2.24) is 15.5 Å². The van der Waals surface area contributed by atoms with Crippen LogP contribution in [-0.4, -0.2) is 29.8 Å². The van der Waals surface area contributed by atoms with Crippen molar-refractivity contribution in [3.63, 3.8) is 0 Å². The highest BCUT2D eigenvalue weighted by atomic mass is 16.5. The molecule has 1 fully saturated rings. The van der Waals surface area contributed by atoms with Crippen molar-refractivity contribution in [3.8, 4) is 17.5 Å². The van der Waals surface area contributed by atoms with Crippen molar-refractivity contribution in [2.45, 2.75) is 6.10 Å². The van der Waals surface area contributed by atoms with Gasteiger partial charge in [0, 0.05) is 18.7 Å².